The molecule has 0 aliphatic carbocycles. The van der Waals surface area contributed by atoms with Crippen molar-refractivity contribution in [2.75, 3.05) is 33.4 Å². The summed E-state index contributed by atoms with van der Waals surface area (Å²) in [4.78, 5) is 0.279. The van der Waals surface area contributed by atoms with E-state index >= 15 is 0 Å². The molecule has 0 N–H and O–H groups in total. The second kappa shape index (κ2) is 5.26. The maximum atomic E-state index is 12.4. The van der Waals surface area contributed by atoms with E-state index in [9.17, 15) is 8.42 Å². The Bertz CT molecular complexity index is 521. The van der Waals surface area contributed by atoms with Crippen molar-refractivity contribution in [1.29, 1.82) is 0 Å². The lowest BCUT2D eigenvalue weighted by molar-refractivity contribution is 0.0730. The van der Waals surface area contributed by atoms with Gasteiger partial charge in [-0.1, -0.05) is 0 Å². The zero-order chi connectivity index (χ0) is 13.2. The number of hydrogen-bond acceptors (Lipinski definition) is 4. The van der Waals surface area contributed by atoms with Crippen LogP contribution in [-0.4, -0.2) is 46.1 Å². The van der Waals surface area contributed by atoms with Gasteiger partial charge in [0.2, 0.25) is 10.0 Å². The highest BCUT2D eigenvalue weighted by molar-refractivity contribution is 7.89. The van der Waals surface area contributed by atoms with Crippen LogP contribution in [0.15, 0.2) is 23.1 Å². The minimum Gasteiger partial charge on any atom is -0.497 e. The molecule has 0 atom stereocenters. The molecule has 0 amide bonds. The SMILES string of the molecule is COc1cc(C)cc(S(=O)(=O)N2CCOCC2)c1. The Morgan fingerprint density at radius 2 is 1.89 bits per heavy atom. The number of methoxy groups -OCH3 is 1. The average Bonchev–Trinajstić information content (AvgIpc) is 2.39. The van der Waals surface area contributed by atoms with E-state index in [4.69, 9.17) is 9.47 Å². The molecular formula is C12H17NO4S. The summed E-state index contributed by atoms with van der Waals surface area (Å²) in [5.74, 6) is 0.557. The molecule has 1 aromatic rings. The zero-order valence-electron chi connectivity index (χ0n) is 10.5. The molecule has 1 aliphatic heterocycles. The number of morpholine rings is 1. The predicted molar refractivity (Wildman–Crippen MR) is 67.3 cm³/mol. The Kier molecular flexibility index (Phi) is 3.89. The first-order chi connectivity index (χ1) is 8.54. The fourth-order valence-corrected chi connectivity index (χ4v) is 3.44. The minimum absolute atomic E-state index is 0.279. The molecule has 5 nitrogen and oxygen atoms in total. The Balaban J connectivity index is 2.36. The molecular weight excluding hydrogens is 254 g/mol. The number of nitrogens with zero attached hydrogens (tertiary/aromatic N) is 1. The van der Waals surface area contributed by atoms with Crippen molar-refractivity contribution in [3.8, 4) is 5.75 Å². The van der Waals surface area contributed by atoms with Crippen molar-refractivity contribution in [3.63, 3.8) is 0 Å². The van der Waals surface area contributed by atoms with Crippen LogP contribution < -0.4 is 4.74 Å². The topological polar surface area (TPSA) is 55.8 Å². The molecule has 1 fully saturated rings. The standard InChI is InChI=1S/C12H17NO4S/c1-10-7-11(16-2)9-12(8-10)18(14,15)13-3-5-17-6-4-13/h7-9H,3-6H2,1-2H3. The highest BCUT2D eigenvalue weighted by atomic mass is 32.2. The van der Waals surface area contributed by atoms with Crippen molar-refractivity contribution >= 4 is 10.0 Å². The molecule has 1 aromatic carbocycles. The molecule has 0 aromatic heterocycles. The molecule has 2 rings (SSSR count). The molecule has 0 saturated carbocycles. The van der Waals surface area contributed by atoms with Gasteiger partial charge < -0.3 is 9.47 Å². The molecule has 18 heavy (non-hydrogen) atoms. The van der Waals surface area contributed by atoms with Gasteiger partial charge >= 0.3 is 0 Å². The highest BCUT2D eigenvalue weighted by Crippen LogP contribution is 2.23. The predicted octanol–water partition coefficient (Wildman–Crippen LogP) is 1.02. The van der Waals surface area contributed by atoms with E-state index in [2.05, 4.69) is 0 Å². The highest BCUT2D eigenvalue weighted by Gasteiger charge is 2.26. The maximum Gasteiger partial charge on any atom is 0.243 e. The van der Waals surface area contributed by atoms with Gasteiger partial charge in [0.15, 0.2) is 0 Å². The zero-order valence-corrected chi connectivity index (χ0v) is 11.4. The Morgan fingerprint density at radius 3 is 2.50 bits per heavy atom. The molecule has 6 heteroatoms. The van der Waals surface area contributed by atoms with E-state index in [-0.39, 0.29) is 4.90 Å². The molecule has 1 aliphatic rings. The second-order valence-corrected chi connectivity index (χ2v) is 6.14. The molecule has 100 valence electrons. The third-order valence-corrected chi connectivity index (χ3v) is 4.74. The fraction of sp³-hybridized carbons (Fsp3) is 0.500. The van der Waals surface area contributed by atoms with Gasteiger partial charge in [-0.3, -0.25) is 0 Å². The van der Waals surface area contributed by atoms with Gasteiger partial charge in [-0.15, -0.1) is 0 Å². The van der Waals surface area contributed by atoms with E-state index in [1.165, 1.54) is 11.4 Å². The monoisotopic (exact) mass is 271 g/mol. The van der Waals surface area contributed by atoms with Gasteiger partial charge in [0.25, 0.3) is 0 Å². The number of hydrogen-bond donors (Lipinski definition) is 0. The molecule has 0 unspecified atom stereocenters. The van der Waals surface area contributed by atoms with Crippen LogP contribution in [0.2, 0.25) is 0 Å². The van der Waals surface area contributed by atoms with Crippen molar-refractivity contribution in [2.24, 2.45) is 0 Å². The quantitative estimate of drug-likeness (QED) is 0.824. The van der Waals surface area contributed by atoms with E-state index in [0.717, 1.165) is 5.56 Å². The van der Waals surface area contributed by atoms with E-state index < -0.39 is 10.0 Å². The Morgan fingerprint density at radius 1 is 1.22 bits per heavy atom. The third kappa shape index (κ3) is 2.66. The first-order valence-electron chi connectivity index (χ1n) is 5.77. The number of benzene rings is 1. The van der Waals surface area contributed by atoms with Gasteiger partial charge in [-0.2, -0.15) is 4.31 Å². The summed E-state index contributed by atoms with van der Waals surface area (Å²) < 4.78 is 36.6. The van der Waals surface area contributed by atoms with Crippen molar-refractivity contribution < 1.29 is 17.9 Å². The summed E-state index contributed by atoms with van der Waals surface area (Å²) in [6.45, 7) is 3.54. The number of rotatable bonds is 3. The van der Waals surface area contributed by atoms with Crippen LogP contribution >= 0.6 is 0 Å². The van der Waals surface area contributed by atoms with Crippen LogP contribution in [0.25, 0.3) is 0 Å². The van der Waals surface area contributed by atoms with Gasteiger partial charge in [0, 0.05) is 19.2 Å². The van der Waals surface area contributed by atoms with Crippen LogP contribution in [0, 0.1) is 6.92 Å². The third-order valence-electron chi connectivity index (χ3n) is 2.87. The minimum atomic E-state index is -3.44. The van der Waals surface area contributed by atoms with Gasteiger partial charge in [0.05, 0.1) is 25.2 Å². The van der Waals surface area contributed by atoms with Crippen LogP contribution in [0.5, 0.6) is 5.75 Å². The lowest BCUT2D eigenvalue weighted by Crippen LogP contribution is -2.40. The summed E-state index contributed by atoms with van der Waals surface area (Å²) in [5.41, 5.74) is 0.862. The first-order valence-corrected chi connectivity index (χ1v) is 7.21. The number of sulfonamides is 1. The molecule has 0 bridgehead atoms. The maximum absolute atomic E-state index is 12.4. The van der Waals surface area contributed by atoms with E-state index in [0.29, 0.717) is 32.1 Å². The van der Waals surface area contributed by atoms with E-state index in [1.807, 2.05) is 6.92 Å². The Labute approximate surface area is 107 Å². The van der Waals surface area contributed by atoms with Crippen LogP contribution in [0.1, 0.15) is 5.56 Å². The lowest BCUT2D eigenvalue weighted by Gasteiger charge is -2.26. The van der Waals surface area contributed by atoms with Crippen LogP contribution in [0.4, 0.5) is 0 Å². The number of ether oxygens (including phenoxy) is 2. The second-order valence-electron chi connectivity index (χ2n) is 4.20. The largest absolute Gasteiger partial charge is 0.497 e. The average molecular weight is 271 g/mol. The van der Waals surface area contributed by atoms with Gasteiger partial charge in [-0.25, -0.2) is 8.42 Å². The summed E-state index contributed by atoms with van der Waals surface area (Å²) in [7, 11) is -1.92. The van der Waals surface area contributed by atoms with Crippen LogP contribution in [0.3, 0.4) is 0 Å². The first kappa shape index (κ1) is 13.3. The molecule has 1 heterocycles. The normalized spacial score (nSPS) is 17.7. The summed E-state index contributed by atoms with van der Waals surface area (Å²) in [6.07, 6.45) is 0. The smallest absolute Gasteiger partial charge is 0.243 e. The fourth-order valence-electron chi connectivity index (χ4n) is 1.92. The van der Waals surface area contributed by atoms with Gasteiger partial charge in [-0.05, 0) is 24.6 Å². The summed E-state index contributed by atoms with van der Waals surface area (Å²) >= 11 is 0. The molecule has 1 saturated heterocycles. The van der Waals surface area contributed by atoms with E-state index in [1.54, 1.807) is 18.2 Å². The summed E-state index contributed by atoms with van der Waals surface area (Å²) in [6, 6.07) is 5.02. The van der Waals surface area contributed by atoms with Crippen LogP contribution in [-0.2, 0) is 14.8 Å². The lowest BCUT2D eigenvalue weighted by atomic mass is 10.2. The Hall–Kier alpha value is -1.11. The van der Waals surface area contributed by atoms with Crippen molar-refractivity contribution in [2.45, 2.75) is 11.8 Å². The summed E-state index contributed by atoms with van der Waals surface area (Å²) in [5, 5.41) is 0. The van der Waals surface area contributed by atoms with Crippen molar-refractivity contribution in [1.82, 2.24) is 4.31 Å². The van der Waals surface area contributed by atoms with Crippen molar-refractivity contribution in [3.05, 3.63) is 23.8 Å². The molecule has 0 spiro atoms. The molecule has 0 radical (unpaired) electrons. The van der Waals surface area contributed by atoms with Gasteiger partial charge in [0.1, 0.15) is 5.75 Å². The number of aryl methyl sites for hydroxylation is 1.